The average molecular weight is 366 g/mol. The molecular formula is C22H24NO4-. The Kier molecular flexibility index (Phi) is 6.47. The van der Waals surface area contributed by atoms with Crippen LogP contribution in [0.25, 0.3) is 0 Å². The van der Waals surface area contributed by atoms with Crippen LogP contribution in [-0.2, 0) is 9.59 Å². The van der Waals surface area contributed by atoms with Crippen molar-refractivity contribution in [2.45, 2.75) is 38.0 Å². The van der Waals surface area contributed by atoms with E-state index < -0.39 is 17.9 Å². The minimum atomic E-state index is -1.18. The minimum absolute atomic E-state index is 0.00761. The first-order valence-electron chi connectivity index (χ1n) is 9.43. The van der Waals surface area contributed by atoms with Crippen molar-refractivity contribution in [3.05, 3.63) is 60.2 Å². The zero-order chi connectivity index (χ0) is 19.1. The summed E-state index contributed by atoms with van der Waals surface area (Å²) >= 11 is 0. The van der Waals surface area contributed by atoms with Gasteiger partial charge in [0.05, 0.1) is 12.1 Å². The zero-order valence-electron chi connectivity index (χ0n) is 15.3. The molecule has 0 saturated carbocycles. The van der Waals surface area contributed by atoms with Crippen LogP contribution in [0.5, 0.6) is 5.75 Å². The molecule has 1 aliphatic heterocycles. The Morgan fingerprint density at radius 3 is 2.30 bits per heavy atom. The number of piperidine rings is 1. The molecule has 1 fully saturated rings. The summed E-state index contributed by atoms with van der Waals surface area (Å²) in [6, 6.07) is 16.7. The molecule has 27 heavy (non-hydrogen) atoms. The average Bonchev–Trinajstić information content (AvgIpc) is 2.69. The van der Waals surface area contributed by atoms with E-state index in [2.05, 4.69) is 4.90 Å². The van der Waals surface area contributed by atoms with Gasteiger partial charge in [-0.25, -0.2) is 0 Å². The lowest BCUT2D eigenvalue weighted by Crippen LogP contribution is -2.30. The van der Waals surface area contributed by atoms with Crippen LogP contribution in [0.15, 0.2) is 54.6 Å². The predicted molar refractivity (Wildman–Crippen MR) is 102 cm³/mol. The van der Waals surface area contributed by atoms with Crippen LogP contribution >= 0.6 is 0 Å². The summed E-state index contributed by atoms with van der Waals surface area (Å²) in [5.41, 5.74) is 1.71. The number of para-hydroxylation sites is 2. The SMILES string of the molecule is O=C([O-])C[C@@H](CC(=O)Oc1ccccc1N1CCCCC1)c1ccccc1. The highest BCUT2D eigenvalue weighted by molar-refractivity contribution is 5.77. The third-order valence-electron chi connectivity index (χ3n) is 4.88. The number of ether oxygens (including phenoxy) is 1. The summed E-state index contributed by atoms with van der Waals surface area (Å²) < 4.78 is 5.64. The van der Waals surface area contributed by atoms with Crippen molar-refractivity contribution in [3.8, 4) is 5.75 Å². The van der Waals surface area contributed by atoms with Gasteiger partial charge in [-0.3, -0.25) is 4.79 Å². The van der Waals surface area contributed by atoms with E-state index in [9.17, 15) is 14.7 Å². The molecule has 0 spiro atoms. The fourth-order valence-corrected chi connectivity index (χ4v) is 3.54. The van der Waals surface area contributed by atoms with Crippen molar-refractivity contribution in [2.75, 3.05) is 18.0 Å². The van der Waals surface area contributed by atoms with Crippen molar-refractivity contribution in [1.82, 2.24) is 0 Å². The van der Waals surface area contributed by atoms with E-state index in [1.54, 1.807) is 6.07 Å². The standard InChI is InChI=1S/C22H25NO4/c24-21(25)15-18(17-9-3-1-4-10-17)16-22(26)27-20-12-6-5-11-19(20)23-13-7-2-8-14-23/h1,3-6,9-12,18H,2,7-8,13-16H2,(H,24,25)/p-1/t18-/m0/s1. The topological polar surface area (TPSA) is 69.7 Å². The lowest BCUT2D eigenvalue weighted by atomic mass is 9.92. The number of carboxylic acid groups (broad SMARTS) is 1. The summed E-state index contributed by atoms with van der Waals surface area (Å²) in [7, 11) is 0. The van der Waals surface area contributed by atoms with Crippen LogP contribution < -0.4 is 14.7 Å². The number of rotatable bonds is 7. The molecule has 5 nitrogen and oxygen atoms in total. The molecule has 1 saturated heterocycles. The maximum Gasteiger partial charge on any atom is 0.311 e. The zero-order valence-corrected chi connectivity index (χ0v) is 15.3. The number of carbonyl (C=O) groups excluding carboxylic acids is 2. The summed E-state index contributed by atoms with van der Waals surface area (Å²) in [5.74, 6) is -1.55. The lowest BCUT2D eigenvalue weighted by Gasteiger charge is -2.30. The molecule has 0 bridgehead atoms. The Labute approximate surface area is 159 Å². The second kappa shape index (κ2) is 9.21. The maximum atomic E-state index is 12.6. The van der Waals surface area contributed by atoms with E-state index in [4.69, 9.17) is 4.74 Å². The van der Waals surface area contributed by atoms with Crippen LogP contribution in [0.2, 0.25) is 0 Å². The van der Waals surface area contributed by atoms with Crippen molar-refractivity contribution >= 4 is 17.6 Å². The monoisotopic (exact) mass is 366 g/mol. The summed E-state index contributed by atoms with van der Waals surface area (Å²) in [6.07, 6.45) is 3.26. The molecule has 142 valence electrons. The smallest absolute Gasteiger partial charge is 0.311 e. The predicted octanol–water partition coefficient (Wildman–Crippen LogP) is 2.90. The molecule has 1 atom stereocenters. The molecule has 1 heterocycles. The summed E-state index contributed by atoms with van der Waals surface area (Å²) in [6.45, 7) is 1.90. The molecule has 5 heteroatoms. The first-order valence-corrected chi connectivity index (χ1v) is 9.43. The first kappa shape index (κ1) is 19.0. The van der Waals surface area contributed by atoms with Crippen molar-refractivity contribution < 1.29 is 19.4 Å². The number of carbonyl (C=O) groups is 2. The number of hydrogen-bond donors (Lipinski definition) is 0. The van der Waals surface area contributed by atoms with Crippen molar-refractivity contribution in [3.63, 3.8) is 0 Å². The van der Waals surface area contributed by atoms with Gasteiger partial charge in [-0.2, -0.15) is 0 Å². The van der Waals surface area contributed by atoms with E-state index in [0.717, 1.165) is 37.2 Å². The van der Waals surface area contributed by atoms with Gasteiger partial charge in [0.1, 0.15) is 0 Å². The largest absolute Gasteiger partial charge is 0.550 e. The van der Waals surface area contributed by atoms with Crippen LogP contribution in [0.3, 0.4) is 0 Å². The molecular weight excluding hydrogens is 342 g/mol. The van der Waals surface area contributed by atoms with E-state index >= 15 is 0 Å². The van der Waals surface area contributed by atoms with Crippen LogP contribution in [0, 0.1) is 0 Å². The molecule has 0 unspecified atom stereocenters. The first-order chi connectivity index (χ1) is 13.1. The van der Waals surface area contributed by atoms with Gasteiger partial charge in [-0.15, -0.1) is 0 Å². The van der Waals surface area contributed by atoms with Gasteiger partial charge in [0, 0.05) is 19.1 Å². The minimum Gasteiger partial charge on any atom is -0.550 e. The number of aliphatic carboxylic acids is 1. The van der Waals surface area contributed by atoms with Gasteiger partial charge in [-0.05, 0) is 49.3 Å². The van der Waals surface area contributed by atoms with Crippen molar-refractivity contribution in [1.29, 1.82) is 0 Å². The number of anilines is 1. The van der Waals surface area contributed by atoms with Crippen LogP contribution in [0.4, 0.5) is 5.69 Å². The quantitative estimate of drug-likeness (QED) is 0.557. The molecule has 3 rings (SSSR count). The maximum absolute atomic E-state index is 12.6. The Hall–Kier alpha value is -2.82. The molecule has 0 radical (unpaired) electrons. The molecule has 0 amide bonds. The van der Waals surface area contributed by atoms with E-state index in [1.807, 2.05) is 48.5 Å². The van der Waals surface area contributed by atoms with Crippen molar-refractivity contribution in [2.24, 2.45) is 0 Å². The Morgan fingerprint density at radius 2 is 1.59 bits per heavy atom. The fourth-order valence-electron chi connectivity index (χ4n) is 3.54. The van der Waals surface area contributed by atoms with Crippen LogP contribution in [-0.4, -0.2) is 25.0 Å². The number of benzene rings is 2. The number of nitrogens with zero attached hydrogens (tertiary/aromatic N) is 1. The Balaban J connectivity index is 1.71. The molecule has 2 aromatic carbocycles. The van der Waals surface area contributed by atoms with E-state index in [0.29, 0.717) is 5.75 Å². The van der Waals surface area contributed by atoms with Gasteiger partial charge < -0.3 is 19.5 Å². The Bertz CT molecular complexity index is 769. The van der Waals surface area contributed by atoms with Gasteiger partial charge in [0.25, 0.3) is 0 Å². The lowest BCUT2D eigenvalue weighted by molar-refractivity contribution is -0.306. The van der Waals surface area contributed by atoms with Crippen LogP contribution in [0.1, 0.15) is 43.6 Å². The van der Waals surface area contributed by atoms with Gasteiger partial charge in [0.2, 0.25) is 0 Å². The Morgan fingerprint density at radius 1 is 0.926 bits per heavy atom. The summed E-state index contributed by atoms with van der Waals surface area (Å²) in [4.78, 5) is 25.9. The van der Waals surface area contributed by atoms with Gasteiger partial charge in [-0.1, -0.05) is 42.5 Å². The number of carboxylic acids is 1. The van der Waals surface area contributed by atoms with E-state index in [-0.39, 0.29) is 12.8 Å². The highest BCUT2D eigenvalue weighted by atomic mass is 16.5. The third kappa shape index (κ3) is 5.33. The van der Waals surface area contributed by atoms with Gasteiger partial charge in [0.15, 0.2) is 5.75 Å². The molecule has 0 aliphatic carbocycles. The molecule has 0 aromatic heterocycles. The van der Waals surface area contributed by atoms with E-state index in [1.165, 1.54) is 6.42 Å². The normalized spacial score (nSPS) is 15.2. The molecule has 2 aromatic rings. The summed E-state index contributed by atoms with van der Waals surface area (Å²) in [5, 5.41) is 11.1. The second-order valence-electron chi connectivity index (χ2n) is 6.88. The highest BCUT2D eigenvalue weighted by Crippen LogP contribution is 2.31. The molecule has 1 aliphatic rings. The second-order valence-corrected chi connectivity index (χ2v) is 6.88. The number of hydrogen-bond acceptors (Lipinski definition) is 5. The number of esters is 1. The highest BCUT2D eigenvalue weighted by Gasteiger charge is 2.20. The third-order valence-corrected chi connectivity index (χ3v) is 4.88. The molecule has 0 N–H and O–H groups in total. The fraction of sp³-hybridized carbons (Fsp3) is 0.364. The van der Waals surface area contributed by atoms with Gasteiger partial charge >= 0.3 is 5.97 Å².